The molecule has 0 aliphatic heterocycles. The van der Waals surface area contributed by atoms with Crippen LogP contribution < -0.4 is 33.7 Å². The van der Waals surface area contributed by atoms with Crippen molar-refractivity contribution in [2.75, 3.05) is 35.3 Å². The molecule has 0 atom stereocenters. The monoisotopic (exact) mass is 225 g/mol. The van der Waals surface area contributed by atoms with Crippen molar-refractivity contribution < 1.29 is 0 Å². The quantitative estimate of drug-likeness (QED) is 0.236. The van der Waals surface area contributed by atoms with Crippen LogP contribution in [0.1, 0.15) is 5.56 Å². The third-order valence-corrected chi connectivity index (χ3v) is 2.34. The molecule has 0 bridgehead atoms. The zero-order valence-electron chi connectivity index (χ0n) is 8.87. The number of anilines is 5. The first-order valence-electron chi connectivity index (χ1n) is 4.52. The Morgan fingerprint density at radius 2 is 1.56 bits per heavy atom. The average Bonchev–Trinajstić information content (AvgIpc) is 2.27. The van der Waals surface area contributed by atoms with E-state index < -0.39 is 0 Å². The number of nitrogens with one attached hydrogen (secondary N) is 2. The van der Waals surface area contributed by atoms with Crippen LogP contribution in [-0.2, 0) is 6.54 Å². The SMILES string of the molecule is CNc1c(N)c(N)c(CNN=O)c(N)c1N. The first kappa shape index (κ1) is 11.7. The fourth-order valence-corrected chi connectivity index (χ4v) is 1.46. The van der Waals surface area contributed by atoms with Crippen LogP contribution in [0.2, 0.25) is 0 Å². The second-order valence-corrected chi connectivity index (χ2v) is 3.18. The number of nitrogens with zero attached hydrogens (tertiary/aromatic N) is 1. The van der Waals surface area contributed by atoms with Crippen LogP contribution in [0.5, 0.6) is 0 Å². The van der Waals surface area contributed by atoms with E-state index in [1.165, 1.54) is 0 Å². The summed E-state index contributed by atoms with van der Waals surface area (Å²) in [5, 5.41) is 5.32. The summed E-state index contributed by atoms with van der Waals surface area (Å²) in [6.07, 6.45) is 0. The van der Waals surface area contributed by atoms with Gasteiger partial charge in [-0.15, -0.1) is 4.91 Å². The van der Waals surface area contributed by atoms with E-state index in [2.05, 4.69) is 16.0 Å². The highest BCUT2D eigenvalue weighted by molar-refractivity contribution is 5.97. The van der Waals surface area contributed by atoms with Gasteiger partial charge in [0.1, 0.15) is 0 Å². The summed E-state index contributed by atoms with van der Waals surface area (Å²) >= 11 is 0. The normalized spacial score (nSPS) is 9.81. The lowest BCUT2D eigenvalue weighted by atomic mass is 10.1. The summed E-state index contributed by atoms with van der Waals surface area (Å²) in [4.78, 5) is 9.98. The summed E-state index contributed by atoms with van der Waals surface area (Å²) in [5.41, 5.74) is 27.5. The number of benzene rings is 1. The molecule has 1 aromatic rings. The number of hydrogen-bond acceptors (Lipinski definition) is 7. The van der Waals surface area contributed by atoms with E-state index in [1.54, 1.807) is 7.05 Å². The molecule has 0 heterocycles. The third-order valence-electron chi connectivity index (χ3n) is 2.34. The Balaban J connectivity index is 3.34. The Kier molecular flexibility index (Phi) is 3.24. The van der Waals surface area contributed by atoms with Crippen molar-refractivity contribution in [2.45, 2.75) is 6.54 Å². The minimum absolute atomic E-state index is 0.0829. The van der Waals surface area contributed by atoms with E-state index in [-0.39, 0.29) is 17.9 Å². The van der Waals surface area contributed by atoms with Crippen LogP contribution in [0, 0.1) is 4.91 Å². The second-order valence-electron chi connectivity index (χ2n) is 3.18. The standard InChI is InChI=1S/C8H15N7O/c1-13-8-6(11)4(9)3(2-14-15-16)5(10)7(8)12/h13H,2,9-12H2,1H3,(H,14,16). The van der Waals surface area contributed by atoms with Crippen molar-refractivity contribution in [2.24, 2.45) is 5.29 Å². The minimum atomic E-state index is 0.0829. The summed E-state index contributed by atoms with van der Waals surface area (Å²) in [7, 11) is 1.66. The van der Waals surface area contributed by atoms with Gasteiger partial charge in [-0.1, -0.05) is 0 Å². The van der Waals surface area contributed by atoms with Gasteiger partial charge in [-0.2, -0.15) is 0 Å². The molecule has 16 heavy (non-hydrogen) atoms. The molecular weight excluding hydrogens is 210 g/mol. The molecule has 1 aromatic carbocycles. The van der Waals surface area contributed by atoms with Crippen molar-refractivity contribution in [3.05, 3.63) is 10.5 Å². The van der Waals surface area contributed by atoms with E-state index in [9.17, 15) is 4.91 Å². The third kappa shape index (κ3) is 1.72. The molecule has 10 N–H and O–H groups in total. The highest BCUT2D eigenvalue weighted by atomic mass is 16.3. The topological polar surface area (TPSA) is 158 Å². The van der Waals surface area contributed by atoms with Gasteiger partial charge < -0.3 is 28.3 Å². The summed E-state index contributed by atoms with van der Waals surface area (Å²) < 4.78 is 0. The molecule has 0 saturated carbocycles. The molecular formula is C8H15N7O. The maximum Gasteiger partial charge on any atom is 0.0847 e. The maximum absolute atomic E-state index is 9.98. The van der Waals surface area contributed by atoms with E-state index in [0.717, 1.165) is 0 Å². The molecule has 1 rings (SSSR count). The first-order valence-corrected chi connectivity index (χ1v) is 4.52. The largest absolute Gasteiger partial charge is 0.397 e. The number of nitrogens with two attached hydrogens (primary N) is 4. The zero-order valence-corrected chi connectivity index (χ0v) is 8.87. The maximum atomic E-state index is 9.98. The van der Waals surface area contributed by atoms with Crippen LogP contribution in [-0.4, -0.2) is 7.05 Å². The number of nitrogen functional groups attached to an aromatic ring is 4. The van der Waals surface area contributed by atoms with Crippen molar-refractivity contribution in [1.29, 1.82) is 0 Å². The molecule has 0 radical (unpaired) electrons. The summed E-state index contributed by atoms with van der Waals surface area (Å²) in [5.74, 6) is 0. The van der Waals surface area contributed by atoms with Gasteiger partial charge in [0.15, 0.2) is 0 Å². The van der Waals surface area contributed by atoms with Crippen LogP contribution in [0.15, 0.2) is 5.29 Å². The molecule has 0 aliphatic rings. The number of rotatable bonds is 4. The average molecular weight is 225 g/mol. The van der Waals surface area contributed by atoms with E-state index in [1.807, 2.05) is 0 Å². The molecule has 0 unspecified atom stereocenters. The van der Waals surface area contributed by atoms with Gasteiger partial charge in [-0.3, -0.25) is 5.43 Å². The highest BCUT2D eigenvalue weighted by Gasteiger charge is 2.16. The lowest BCUT2D eigenvalue weighted by Crippen LogP contribution is -2.14. The molecule has 88 valence electrons. The lowest BCUT2D eigenvalue weighted by Gasteiger charge is -2.18. The van der Waals surface area contributed by atoms with Crippen molar-refractivity contribution >= 4 is 28.4 Å². The second kappa shape index (κ2) is 4.43. The first-order chi connectivity index (χ1) is 7.54. The highest BCUT2D eigenvalue weighted by Crippen LogP contribution is 2.39. The fraction of sp³-hybridized carbons (Fsp3) is 0.250. The van der Waals surface area contributed by atoms with Crippen LogP contribution in [0.25, 0.3) is 0 Å². The van der Waals surface area contributed by atoms with Gasteiger partial charge >= 0.3 is 0 Å². The summed E-state index contributed by atoms with van der Waals surface area (Å²) in [6.45, 7) is 0.0829. The molecule has 8 heteroatoms. The molecule has 0 aliphatic carbocycles. The van der Waals surface area contributed by atoms with E-state index in [0.29, 0.717) is 22.6 Å². The number of nitroso groups, excluding NO2 is 1. The van der Waals surface area contributed by atoms with Gasteiger partial charge in [0, 0.05) is 17.9 Å². The summed E-state index contributed by atoms with van der Waals surface area (Å²) in [6, 6.07) is 0. The van der Waals surface area contributed by atoms with Crippen LogP contribution in [0.3, 0.4) is 0 Å². The molecule has 0 fully saturated rings. The van der Waals surface area contributed by atoms with Crippen LogP contribution in [0.4, 0.5) is 28.4 Å². The predicted molar refractivity (Wildman–Crippen MR) is 66.3 cm³/mol. The van der Waals surface area contributed by atoms with E-state index >= 15 is 0 Å². The van der Waals surface area contributed by atoms with Gasteiger partial charge in [0.2, 0.25) is 0 Å². The van der Waals surface area contributed by atoms with Crippen molar-refractivity contribution in [1.82, 2.24) is 5.43 Å². The fourth-order valence-electron chi connectivity index (χ4n) is 1.46. The van der Waals surface area contributed by atoms with Gasteiger partial charge in [0.05, 0.1) is 35.0 Å². The Morgan fingerprint density at radius 1 is 1.06 bits per heavy atom. The van der Waals surface area contributed by atoms with Crippen molar-refractivity contribution in [3.63, 3.8) is 0 Å². The zero-order chi connectivity index (χ0) is 12.3. The molecule has 0 saturated heterocycles. The van der Waals surface area contributed by atoms with E-state index in [4.69, 9.17) is 22.9 Å². The van der Waals surface area contributed by atoms with Gasteiger partial charge in [-0.05, 0) is 0 Å². The predicted octanol–water partition coefficient (Wildman–Crippen LogP) is -0.172. The Morgan fingerprint density at radius 3 is 1.94 bits per heavy atom. The van der Waals surface area contributed by atoms with Gasteiger partial charge in [-0.25, -0.2) is 0 Å². The Bertz CT molecular complexity index is 388. The Labute approximate surface area is 92.3 Å². The lowest BCUT2D eigenvalue weighted by molar-refractivity contribution is 0.740. The number of hydrogen-bond donors (Lipinski definition) is 6. The molecule has 0 amide bonds. The van der Waals surface area contributed by atoms with Crippen LogP contribution >= 0.6 is 0 Å². The smallest absolute Gasteiger partial charge is 0.0847 e. The Hall–Kier alpha value is -2.38. The van der Waals surface area contributed by atoms with Crippen molar-refractivity contribution in [3.8, 4) is 0 Å². The molecule has 0 spiro atoms. The van der Waals surface area contributed by atoms with Gasteiger partial charge in [0.25, 0.3) is 0 Å². The molecule has 0 aromatic heterocycles. The molecule has 8 nitrogen and oxygen atoms in total. The minimum Gasteiger partial charge on any atom is -0.397 e.